The smallest absolute Gasteiger partial charge is 0.136 e. The lowest BCUT2D eigenvalue weighted by molar-refractivity contribution is -0.0441. The molecule has 0 fully saturated rings. The first-order chi connectivity index (χ1) is 8.26. The van der Waals surface area contributed by atoms with E-state index in [0.29, 0.717) is 16.1 Å². The lowest BCUT2D eigenvalue weighted by atomic mass is 10.3. The summed E-state index contributed by atoms with van der Waals surface area (Å²) in [5.74, 6) is 0.741. The molecule has 94 valence electrons. The van der Waals surface area contributed by atoms with Gasteiger partial charge >= 0.3 is 0 Å². The molecule has 0 aliphatic rings. The van der Waals surface area contributed by atoms with E-state index in [1.807, 2.05) is 24.3 Å². The van der Waals surface area contributed by atoms with Gasteiger partial charge in [-0.2, -0.15) is 0 Å². The van der Waals surface area contributed by atoms with Crippen molar-refractivity contribution in [1.29, 1.82) is 0 Å². The largest absolute Gasteiger partial charge is 0.494 e. The SMILES string of the molecule is COC(OC)[Si]CCCOc1cccc(N)c1. The fourth-order valence-electron chi connectivity index (χ4n) is 1.35. The van der Waals surface area contributed by atoms with E-state index in [1.54, 1.807) is 14.2 Å². The molecule has 5 heteroatoms. The van der Waals surface area contributed by atoms with Gasteiger partial charge in [0, 0.05) is 26.0 Å². The normalized spacial score (nSPS) is 10.8. The number of methoxy groups -OCH3 is 2. The van der Waals surface area contributed by atoms with Gasteiger partial charge in [0.15, 0.2) is 0 Å². The maximum atomic E-state index is 5.65. The lowest BCUT2D eigenvalue weighted by Crippen LogP contribution is -2.21. The van der Waals surface area contributed by atoms with Crippen LogP contribution in [0, 0.1) is 0 Å². The highest BCUT2D eigenvalue weighted by atomic mass is 28.2. The molecule has 0 saturated heterocycles. The second-order valence-corrected chi connectivity index (χ2v) is 4.91. The highest BCUT2D eigenvalue weighted by molar-refractivity contribution is 6.36. The zero-order valence-electron chi connectivity index (χ0n) is 10.3. The Morgan fingerprint density at radius 1 is 1.29 bits per heavy atom. The second kappa shape index (κ2) is 8.11. The molecule has 0 unspecified atom stereocenters. The molecule has 2 N–H and O–H groups in total. The molecular formula is C12H19NO3Si. The van der Waals surface area contributed by atoms with Crippen molar-refractivity contribution in [3.8, 4) is 5.75 Å². The van der Waals surface area contributed by atoms with Crippen molar-refractivity contribution in [2.75, 3.05) is 26.6 Å². The van der Waals surface area contributed by atoms with E-state index in [1.165, 1.54) is 0 Å². The summed E-state index contributed by atoms with van der Waals surface area (Å²) >= 11 is 0. The molecule has 2 radical (unpaired) electrons. The minimum atomic E-state index is -0.0811. The molecule has 1 aromatic carbocycles. The van der Waals surface area contributed by atoms with E-state index in [4.69, 9.17) is 19.9 Å². The Labute approximate surface area is 105 Å². The monoisotopic (exact) mass is 253 g/mol. The number of benzene rings is 1. The van der Waals surface area contributed by atoms with Crippen molar-refractivity contribution in [1.82, 2.24) is 0 Å². The maximum absolute atomic E-state index is 5.65. The number of nitrogen functional groups attached to an aromatic ring is 1. The molecule has 4 nitrogen and oxygen atoms in total. The molecule has 0 aliphatic carbocycles. The number of hydrogen-bond donors (Lipinski definition) is 1. The van der Waals surface area contributed by atoms with Crippen molar-refractivity contribution in [2.45, 2.75) is 18.4 Å². The summed E-state index contributed by atoms with van der Waals surface area (Å²) in [4.78, 5) is 0. The Morgan fingerprint density at radius 3 is 2.71 bits per heavy atom. The quantitative estimate of drug-likeness (QED) is 0.332. The summed E-state index contributed by atoms with van der Waals surface area (Å²) < 4.78 is 15.8. The van der Waals surface area contributed by atoms with Gasteiger partial charge in [0.1, 0.15) is 21.2 Å². The van der Waals surface area contributed by atoms with Gasteiger partial charge in [-0.1, -0.05) is 12.1 Å². The summed E-state index contributed by atoms with van der Waals surface area (Å²) in [6.45, 7) is 0.691. The van der Waals surface area contributed by atoms with E-state index >= 15 is 0 Å². The average Bonchev–Trinajstić information content (AvgIpc) is 2.34. The van der Waals surface area contributed by atoms with Crippen LogP contribution in [-0.2, 0) is 9.47 Å². The Kier molecular flexibility index (Phi) is 6.69. The second-order valence-electron chi connectivity index (χ2n) is 3.53. The Hall–Kier alpha value is -1.04. The molecule has 0 aliphatic heterocycles. The molecule has 0 heterocycles. The minimum Gasteiger partial charge on any atom is -0.494 e. The Balaban J connectivity index is 2.12. The standard InChI is InChI=1S/C12H19NO3Si/c1-14-12(15-2)17-8-4-7-16-11-6-3-5-10(13)9-11/h3,5-6,9,12H,4,7-8,13H2,1-2H3. The average molecular weight is 253 g/mol. The minimum absolute atomic E-state index is 0.0811. The molecule has 0 bridgehead atoms. The van der Waals surface area contributed by atoms with Crippen LogP contribution >= 0.6 is 0 Å². The molecule has 0 saturated carbocycles. The predicted octanol–water partition coefficient (Wildman–Crippen LogP) is 1.74. The highest BCUT2D eigenvalue weighted by Crippen LogP contribution is 2.14. The van der Waals surface area contributed by atoms with Gasteiger partial charge in [-0.25, -0.2) is 0 Å². The molecule has 17 heavy (non-hydrogen) atoms. The number of rotatable bonds is 8. The predicted molar refractivity (Wildman–Crippen MR) is 69.3 cm³/mol. The first-order valence-corrected chi connectivity index (χ1v) is 6.82. The lowest BCUT2D eigenvalue weighted by Gasteiger charge is -2.12. The summed E-state index contributed by atoms with van der Waals surface area (Å²) in [6, 6.07) is 8.50. The maximum Gasteiger partial charge on any atom is 0.136 e. The van der Waals surface area contributed by atoms with Gasteiger partial charge in [0.05, 0.1) is 6.61 Å². The molecule has 1 aromatic rings. The first kappa shape index (κ1) is 14.0. The van der Waals surface area contributed by atoms with Gasteiger partial charge < -0.3 is 19.9 Å². The van der Waals surface area contributed by atoms with Gasteiger partial charge in [-0.15, -0.1) is 0 Å². The third-order valence-electron chi connectivity index (χ3n) is 2.19. The van der Waals surface area contributed by atoms with Gasteiger partial charge in [0.2, 0.25) is 0 Å². The summed E-state index contributed by atoms with van der Waals surface area (Å²) in [5.41, 5.74) is 6.38. The Morgan fingerprint density at radius 2 is 2.06 bits per heavy atom. The van der Waals surface area contributed by atoms with Crippen LogP contribution in [0.25, 0.3) is 0 Å². The van der Waals surface area contributed by atoms with Crippen LogP contribution in [-0.4, -0.2) is 36.3 Å². The molecular weight excluding hydrogens is 234 g/mol. The van der Waals surface area contributed by atoms with Crippen LogP contribution in [0.4, 0.5) is 5.69 Å². The number of ether oxygens (including phenoxy) is 3. The fourth-order valence-corrected chi connectivity index (χ4v) is 2.27. The Bertz CT molecular complexity index is 318. The zero-order chi connectivity index (χ0) is 12.5. The van der Waals surface area contributed by atoms with Gasteiger partial charge in [-0.3, -0.25) is 0 Å². The molecule has 0 spiro atoms. The van der Waals surface area contributed by atoms with E-state index in [2.05, 4.69) is 0 Å². The topological polar surface area (TPSA) is 53.7 Å². The van der Waals surface area contributed by atoms with Crippen molar-refractivity contribution in [3.63, 3.8) is 0 Å². The summed E-state index contributed by atoms with van der Waals surface area (Å²) in [7, 11) is 3.95. The van der Waals surface area contributed by atoms with Gasteiger partial charge in [-0.05, 0) is 18.6 Å². The highest BCUT2D eigenvalue weighted by Gasteiger charge is 2.05. The van der Waals surface area contributed by atoms with Crippen LogP contribution in [0.1, 0.15) is 6.42 Å². The van der Waals surface area contributed by atoms with E-state index in [-0.39, 0.29) is 5.91 Å². The van der Waals surface area contributed by atoms with Crippen LogP contribution in [0.15, 0.2) is 24.3 Å². The van der Waals surface area contributed by atoms with Crippen LogP contribution in [0.2, 0.25) is 6.04 Å². The molecule has 0 atom stereocenters. The molecule has 0 aromatic heterocycles. The van der Waals surface area contributed by atoms with Crippen LogP contribution in [0.3, 0.4) is 0 Å². The molecule has 1 rings (SSSR count). The zero-order valence-corrected chi connectivity index (χ0v) is 11.3. The summed E-state index contributed by atoms with van der Waals surface area (Å²) in [6.07, 6.45) is 0.983. The van der Waals surface area contributed by atoms with Crippen molar-refractivity contribution in [3.05, 3.63) is 24.3 Å². The fraction of sp³-hybridized carbons (Fsp3) is 0.500. The van der Waals surface area contributed by atoms with E-state index in [9.17, 15) is 0 Å². The third-order valence-corrected chi connectivity index (χ3v) is 3.63. The van der Waals surface area contributed by atoms with Crippen molar-refractivity contribution in [2.24, 2.45) is 0 Å². The number of hydrogen-bond acceptors (Lipinski definition) is 4. The van der Waals surface area contributed by atoms with E-state index < -0.39 is 0 Å². The van der Waals surface area contributed by atoms with Crippen LogP contribution in [0.5, 0.6) is 5.75 Å². The van der Waals surface area contributed by atoms with E-state index in [0.717, 1.165) is 23.9 Å². The van der Waals surface area contributed by atoms with Crippen molar-refractivity contribution < 1.29 is 14.2 Å². The number of nitrogens with two attached hydrogens (primary N) is 1. The first-order valence-electron chi connectivity index (χ1n) is 5.53. The van der Waals surface area contributed by atoms with Crippen molar-refractivity contribution >= 4 is 15.2 Å². The molecule has 0 amide bonds. The summed E-state index contributed by atoms with van der Waals surface area (Å²) in [5, 5.41) is 0. The van der Waals surface area contributed by atoms with Crippen LogP contribution < -0.4 is 10.5 Å². The third kappa shape index (κ3) is 5.72. The number of anilines is 1. The van der Waals surface area contributed by atoms with Gasteiger partial charge in [0.25, 0.3) is 0 Å².